The minimum Gasteiger partial charge on any atom is -0.496 e. The molecule has 0 spiro atoms. The van der Waals surface area contributed by atoms with Gasteiger partial charge in [0.2, 0.25) is 0 Å². The SMILES string of the molecule is CCn1cc(CN2C(=O)/C(=C\c3cc(Br)ccc3OC)NC2=S)cn1. The average molecular weight is 421 g/mol. The third-order valence-corrected chi connectivity index (χ3v) is 4.62. The first kappa shape index (κ1) is 17.6. The largest absolute Gasteiger partial charge is 0.496 e. The van der Waals surface area contributed by atoms with Gasteiger partial charge in [-0.2, -0.15) is 5.10 Å². The number of carbonyl (C=O) groups excluding carboxylic acids is 1. The topological polar surface area (TPSA) is 59.4 Å². The van der Waals surface area contributed by atoms with Crippen LogP contribution in [0.4, 0.5) is 0 Å². The summed E-state index contributed by atoms with van der Waals surface area (Å²) >= 11 is 8.75. The third-order valence-electron chi connectivity index (χ3n) is 3.81. The Morgan fingerprint density at radius 1 is 1.44 bits per heavy atom. The molecule has 0 aliphatic carbocycles. The summed E-state index contributed by atoms with van der Waals surface area (Å²) in [4.78, 5) is 14.2. The number of aromatic nitrogens is 2. The van der Waals surface area contributed by atoms with Crippen LogP contribution >= 0.6 is 28.1 Å². The molecule has 1 fully saturated rings. The van der Waals surface area contributed by atoms with E-state index in [0.29, 0.717) is 23.1 Å². The lowest BCUT2D eigenvalue weighted by atomic mass is 10.1. The van der Waals surface area contributed by atoms with Gasteiger partial charge in [0.25, 0.3) is 5.91 Å². The number of thiocarbonyl (C=S) groups is 1. The molecule has 1 aromatic carbocycles. The van der Waals surface area contributed by atoms with Crippen LogP contribution in [0.5, 0.6) is 5.75 Å². The molecule has 0 saturated carbocycles. The number of benzene rings is 1. The van der Waals surface area contributed by atoms with Gasteiger partial charge in [-0.15, -0.1) is 0 Å². The minimum atomic E-state index is -0.170. The molecule has 8 heteroatoms. The number of hydrogen-bond acceptors (Lipinski definition) is 4. The van der Waals surface area contributed by atoms with Crippen molar-refractivity contribution in [3.05, 3.63) is 51.9 Å². The molecule has 1 amide bonds. The van der Waals surface area contributed by atoms with E-state index >= 15 is 0 Å². The Labute approximate surface area is 159 Å². The fourth-order valence-corrected chi connectivity index (χ4v) is 3.17. The number of hydrogen-bond donors (Lipinski definition) is 1. The molecule has 2 heterocycles. The van der Waals surface area contributed by atoms with E-state index in [0.717, 1.165) is 22.1 Å². The number of carbonyl (C=O) groups is 1. The number of methoxy groups -OCH3 is 1. The monoisotopic (exact) mass is 420 g/mol. The van der Waals surface area contributed by atoms with Gasteiger partial charge >= 0.3 is 0 Å². The van der Waals surface area contributed by atoms with Crippen LogP contribution in [0.1, 0.15) is 18.1 Å². The van der Waals surface area contributed by atoms with Crippen molar-refractivity contribution < 1.29 is 9.53 Å². The second kappa shape index (κ2) is 7.37. The Morgan fingerprint density at radius 2 is 2.24 bits per heavy atom. The number of aryl methyl sites for hydroxylation is 1. The Kier molecular flexibility index (Phi) is 5.19. The number of halogens is 1. The number of amides is 1. The van der Waals surface area contributed by atoms with E-state index in [1.165, 1.54) is 4.90 Å². The van der Waals surface area contributed by atoms with Gasteiger partial charge in [-0.05, 0) is 43.4 Å². The van der Waals surface area contributed by atoms with Crippen molar-refractivity contribution in [2.75, 3.05) is 7.11 Å². The first-order valence-electron chi connectivity index (χ1n) is 7.71. The lowest BCUT2D eigenvalue weighted by Crippen LogP contribution is -2.29. The van der Waals surface area contributed by atoms with Crippen molar-refractivity contribution in [3.63, 3.8) is 0 Å². The first-order valence-corrected chi connectivity index (χ1v) is 8.91. The van der Waals surface area contributed by atoms with E-state index in [1.54, 1.807) is 19.4 Å². The molecule has 1 saturated heterocycles. The molecule has 130 valence electrons. The zero-order chi connectivity index (χ0) is 18.0. The molecule has 1 aliphatic heterocycles. The van der Waals surface area contributed by atoms with E-state index in [9.17, 15) is 4.79 Å². The molecule has 3 rings (SSSR count). The first-order chi connectivity index (χ1) is 12.0. The zero-order valence-electron chi connectivity index (χ0n) is 13.8. The summed E-state index contributed by atoms with van der Waals surface area (Å²) in [5.41, 5.74) is 2.14. The molecule has 2 aromatic rings. The molecule has 0 unspecified atom stereocenters. The standard InChI is InChI=1S/C17H17BrN4O2S/c1-3-21-9-11(8-19-21)10-22-16(23)14(20-17(22)25)7-12-6-13(18)4-5-15(12)24-2/h4-9H,3,10H2,1-2H3,(H,20,25)/b14-7+. The van der Waals surface area contributed by atoms with Gasteiger partial charge in [-0.1, -0.05) is 15.9 Å². The van der Waals surface area contributed by atoms with Gasteiger partial charge in [-0.3, -0.25) is 14.4 Å². The number of ether oxygens (including phenoxy) is 1. The van der Waals surface area contributed by atoms with E-state index in [4.69, 9.17) is 17.0 Å². The van der Waals surface area contributed by atoms with Crippen molar-refractivity contribution >= 4 is 45.2 Å². The molecule has 6 nitrogen and oxygen atoms in total. The van der Waals surface area contributed by atoms with Gasteiger partial charge in [0.1, 0.15) is 11.4 Å². The molecule has 1 aromatic heterocycles. The maximum Gasteiger partial charge on any atom is 0.276 e. The highest BCUT2D eigenvalue weighted by Gasteiger charge is 2.31. The van der Waals surface area contributed by atoms with Crippen molar-refractivity contribution in [2.45, 2.75) is 20.0 Å². The molecule has 1 N–H and O–H groups in total. The van der Waals surface area contributed by atoms with E-state index < -0.39 is 0 Å². The van der Waals surface area contributed by atoms with Crippen molar-refractivity contribution in [2.24, 2.45) is 0 Å². The molecule has 0 bridgehead atoms. The predicted octanol–water partition coefficient (Wildman–Crippen LogP) is 2.93. The fourth-order valence-electron chi connectivity index (χ4n) is 2.53. The van der Waals surface area contributed by atoms with Gasteiger partial charge in [0.05, 0.1) is 19.9 Å². The van der Waals surface area contributed by atoms with Crippen LogP contribution in [0.15, 0.2) is 40.8 Å². The van der Waals surface area contributed by atoms with E-state index in [2.05, 4.69) is 26.3 Å². The quantitative estimate of drug-likeness (QED) is 0.595. The lowest BCUT2D eigenvalue weighted by molar-refractivity contribution is -0.122. The van der Waals surface area contributed by atoms with Crippen LogP contribution in [-0.2, 0) is 17.9 Å². The van der Waals surface area contributed by atoms with E-state index in [1.807, 2.05) is 36.0 Å². The smallest absolute Gasteiger partial charge is 0.276 e. The number of nitrogens with zero attached hydrogens (tertiary/aromatic N) is 3. The van der Waals surface area contributed by atoms with E-state index in [-0.39, 0.29) is 5.91 Å². The summed E-state index contributed by atoms with van der Waals surface area (Å²) in [5.74, 6) is 0.509. The van der Waals surface area contributed by atoms with Gasteiger partial charge < -0.3 is 10.1 Å². The second-order valence-electron chi connectivity index (χ2n) is 5.47. The van der Waals surface area contributed by atoms with Gasteiger partial charge in [-0.25, -0.2) is 0 Å². The van der Waals surface area contributed by atoms with Crippen molar-refractivity contribution in [1.82, 2.24) is 20.0 Å². The highest BCUT2D eigenvalue weighted by molar-refractivity contribution is 9.10. The predicted molar refractivity (Wildman–Crippen MR) is 103 cm³/mol. The normalized spacial score (nSPS) is 15.8. The highest BCUT2D eigenvalue weighted by Crippen LogP contribution is 2.26. The number of nitrogens with one attached hydrogen (secondary N) is 1. The molecular weight excluding hydrogens is 404 g/mol. The van der Waals surface area contributed by atoms with Crippen LogP contribution in [0.2, 0.25) is 0 Å². The van der Waals surface area contributed by atoms with Gasteiger partial charge in [0, 0.05) is 28.3 Å². The maximum absolute atomic E-state index is 12.7. The summed E-state index contributed by atoms with van der Waals surface area (Å²) in [6.07, 6.45) is 5.40. The fraction of sp³-hybridized carbons (Fsp3) is 0.235. The summed E-state index contributed by atoms with van der Waals surface area (Å²) < 4.78 is 8.06. The van der Waals surface area contributed by atoms with Crippen LogP contribution in [-0.4, -0.2) is 32.8 Å². The van der Waals surface area contributed by atoms with Crippen LogP contribution in [0.3, 0.4) is 0 Å². The zero-order valence-corrected chi connectivity index (χ0v) is 16.2. The third kappa shape index (κ3) is 3.74. The lowest BCUT2D eigenvalue weighted by Gasteiger charge is -2.12. The summed E-state index contributed by atoms with van der Waals surface area (Å²) in [6, 6.07) is 5.61. The van der Waals surface area contributed by atoms with Gasteiger partial charge in [0.15, 0.2) is 5.11 Å². The number of rotatable bonds is 5. The molecule has 1 aliphatic rings. The average Bonchev–Trinajstić information content (AvgIpc) is 3.15. The van der Waals surface area contributed by atoms with Crippen molar-refractivity contribution in [3.8, 4) is 5.75 Å². The Balaban J connectivity index is 1.84. The summed E-state index contributed by atoms with van der Waals surface area (Å²) in [5, 5.41) is 7.59. The minimum absolute atomic E-state index is 0.170. The van der Waals surface area contributed by atoms with Crippen LogP contribution in [0.25, 0.3) is 6.08 Å². The second-order valence-corrected chi connectivity index (χ2v) is 6.77. The maximum atomic E-state index is 12.7. The molecular formula is C17H17BrN4O2S. The Hall–Kier alpha value is -2.19. The molecule has 0 radical (unpaired) electrons. The summed E-state index contributed by atoms with van der Waals surface area (Å²) in [6.45, 7) is 3.18. The van der Waals surface area contributed by atoms with Crippen molar-refractivity contribution in [1.29, 1.82) is 0 Å². The molecule has 0 atom stereocenters. The van der Waals surface area contributed by atoms with Crippen LogP contribution < -0.4 is 10.1 Å². The highest BCUT2D eigenvalue weighted by atomic mass is 79.9. The Morgan fingerprint density at radius 3 is 2.92 bits per heavy atom. The summed E-state index contributed by atoms with van der Waals surface area (Å²) in [7, 11) is 1.59. The van der Waals surface area contributed by atoms with Crippen LogP contribution in [0, 0.1) is 0 Å². The Bertz CT molecular complexity index is 862. The molecule has 25 heavy (non-hydrogen) atoms.